The molecule has 3 heterocycles. The van der Waals surface area contributed by atoms with Crippen LogP contribution < -0.4 is 75.7 Å². The molecule has 0 bridgehead atoms. The Kier molecular flexibility index (Phi) is 17.6. The second-order valence-corrected chi connectivity index (χ2v) is 14.4. The van der Waals surface area contributed by atoms with Gasteiger partial charge in [0, 0.05) is 62.8 Å². The predicted octanol–water partition coefficient (Wildman–Crippen LogP) is -5.09. The minimum absolute atomic E-state index is 0.00565. The predicted molar refractivity (Wildman–Crippen MR) is 217 cm³/mol. The molecule has 0 aliphatic carbocycles. The summed E-state index contributed by atoms with van der Waals surface area (Å²) in [6.45, 7) is 0.488. The SMILES string of the molecule is NCCC[C@H](N)CC(=O)NC[C@@H]1NC(=O)[C@H](CO)NC(=O)C(N)CNC(=O)[C@H](C2CCN=C(N)N2)NC(=O)/C(=C/NC(=O)Nc2ccc(N3CCCCC3)cc2)NC1=O. The molecule has 0 radical (unpaired) electrons. The molecule has 18 N–H and O–H groups in total. The summed E-state index contributed by atoms with van der Waals surface area (Å²) in [4.78, 5) is 100.0. The molecule has 4 rings (SSSR count). The number of aliphatic imine (C=N–C) groups is 1. The third kappa shape index (κ3) is 14.4. The number of hydrogen-bond donors (Lipinski definition) is 14. The van der Waals surface area contributed by atoms with Crippen molar-refractivity contribution in [3.63, 3.8) is 0 Å². The molecular formula is C36H57N15O8. The molecule has 1 aromatic rings. The molecule has 0 aromatic heterocycles. The van der Waals surface area contributed by atoms with Gasteiger partial charge < -0.3 is 80.8 Å². The Hall–Kier alpha value is -6.04. The van der Waals surface area contributed by atoms with Crippen molar-refractivity contribution in [2.75, 3.05) is 56.1 Å². The summed E-state index contributed by atoms with van der Waals surface area (Å²) in [5, 5.41) is 32.4. The van der Waals surface area contributed by atoms with Gasteiger partial charge in [-0.25, -0.2) is 4.79 Å². The number of benzene rings is 1. The summed E-state index contributed by atoms with van der Waals surface area (Å²) >= 11 is 0. The van der Waals surface area contributed by atoms with E-state index in [-0.39, 0.29) is 25.3 Å². The van der Waals surface area contributed by atoms with Gasteiger partial charge in [-0.2, -0.15) is 0 Å². The van der Waals surface area contributed by atoms with E-state index in [2.05, 4.69) is 57.7 Å². The van der Waals surface area contributed by atoms with Crippen LogP contribution >= 0.6 is 0 Å². The Bertz CT molecular complexity index is 1720. The van der Waals surface area contributed by atoms with Crippen LogP contribution in [0.4, 0.5) is 16.2 Å². The lowest BCUT2D eigenvalue weighted by molar-refractivity contribution is -0.134. The zero-order chi connectivity index (χ0) is 42.9. The lowest BCUT2D eigenvalue weighted by Crippen LogP contribution is -2.64. The molecule has 3 aliphatic rings. The van der Waals surface area contributed by atoms with Gasteiger partial charge in [0.2, 0.25) is 29.5 Å². The summed E-state index contributed by atoms with van der Waals surface area (Å²) in [7, 11) is 0. The Morgan fingerprint density at radius 3 is 2.34 bits per heavy atom. The average Bonchev–Trinajstić information content (AvgIpc) is 3.22. The minimum Gasteiger partial charge on any atom is -0.394 e. The molecule has 23 heteroatoms. The number of guanidine groups is 1. The van der Waals surface area contributed by atoms with E-state index in [1.54, 1.807) is 12.1 Å². The van der Waals surface area contributed by atoms with Crippen molar-refractivity contribution < 1.29 is 38.7 Å². The van der Waals surface area contributed by atoms with Crippen molar-refractivity contribution in [2.45, 2.75) is 81.2 Å². The van der Waals surface area contributed by atoms with Crippen molar-refractivity contribution in [3.05, 3.63) is 36.2 Å². The van der Waals surface area contributed by atoms with Crippen LogP contribution in [0.25, 0.3) is 0 Å². The zero-order valence-corrected chi connectivity index (χ0v) is 32.8. The molecule has 1 aromatic carbocycles. The number of urea groups is 1. The van der Waals surface area contributed by atoms with Crippen LogP contribution in [0, 0.1) is 0 Å². The van der Waals surface area contributed by atoms with Crippen molar-refractivity contribution in [1.29, 1.82) is 0 Å². The van der Waals surface area contributed by atoms with Gasteiger partial charge in [-0.15, -0.1) is 0 Å². The molecule has 59 heavy (non-hydrogen) atoms. The standard InChI is InChI=1S/C36H57N15O8/c37-11-4-5-20(38)15-28(53)42-17-25-31(55)46-26(18-44-36(59)45-21-6-8-22(9-7-21)51-13-2-1-3-14-51)32(56)50-29(24-10-12-41-35(40)49-24)34(58)43-16-23(39)30(54)48-27(19-52)33(57)47-25/h6-9,18,20,23-25,27,29,52H,1-5,10-17,19,37-39H2,(H,42,53)(H,43,58)(H,46,55)(H,47,57)(H,48,54)(H,50,56)(H3,40,41,49)(H2,44,45,59)/b26-18-/t20-,23?,24?,25-,27-,29-/m0/s1. The van der Waals surface area contributed by atoms with E-state index in [1.807, 2.05) is 12.1 Å². The van der Waals surface area contributed by atoms with Gasteiger partial charge in [0.1, 0.15) is 29.9 Å². The van der Waals surface area contributed by atoms with Gasteiger partial charge in [-0.05, 0) is 69.3 Å². The number of amides is 8. The number of anilines is 2. The number of carbonyl (C=O) groups is 7. The topological polar surface area (TPSA) is 368 Å². The average molecular weight is 828 g/mol. The Morgan fingerprint density at radius 2 is 1.66 bits per heavy atom. The Balaban J connectivity index is 1.63. The number of nitrogens with zero attached hydrogens (tertiary/aromatic N) is 2. The van der Waals surface area contributed by atoms with Gasteiger partial charge in [-0.3, -0.25) is 33.8 Å². The number of hydrogen-bond acceptors (Lipinski definition) is 15. The van der Waals surface area contributed by atoms with E-state index in [4.69, 9.17) is 22.9 Å². The summed E-state index contributed by atoms with van der Waals surface area (Å²) in [5.74, 6) is -5.54. The van der Waals surface area contributed by atoms with Gasteiger partial charge in [0.15, 0.2) is 5.96 Å². The summed E-state index contributed by atoms with van der Waals surface area (Å²) < 4.78 is 0. The highest BCUT2D eigenvalue weighted by Gasteiger charge is 2.35. The first kappa shape index (κ1) is 45.7. The number of aliphatic hydroxyl groups is 1. The van der Waals surface area contributed by atoms with Crippen molar-refractivity contribution in [1.82, 2.24) is 42.5 Å². The van der Waals surface area contributed by atoms with E-state index in [9.17, 15) is 38.7 Å². The second-order valence-electron chi connectivity index (χ2n) is 14.4. The smallest absolute Gasteiger partial charge is 0.323 e. The van der Waals surface area contributed by atoms with E-state index < -0.39 is 103 Å². The fraction of sp³-hybridized carbons (Fsp3) is 0.556. The highest BCUT2D eigenvalue weighted by atomic mass is 16.3. The highest BCUT2D eigenvalue weighted by molar-refractivity contribution is 6.03. The monoisotopic (exact) mass is 827 g/mol. The van der Waals surface area contributed by atoms with Crippen LogP contribution in [-0.2, 0) is 28.8 Å². The molecule has 8 amide bonds. The number of nitrogens with one attached hydrogen (secondary N) is 9. The molecule has 6 atom stereocenters. The number of nitrogens with two attached hydrogens (primary N) is 4. The lowest BCUT2D eigenvalue weighted by atomic mass is 10.0. The molecule has 23 nitrogen and oxygen atoms in total. The zero-order valence-electron chi connectivity index (χ0n) is 32.8. The third-order valence-corrected chi connectivity index (χ3v) is 9.73. The normalized spacial score (nSPS) is 24.8. The van der Waals surface area contributed by atoms with Crippen LogP contribution in [0.1, 0.15) is 44.9 Å². The Labute approximate surface area is 341 Å². The first-order valence-corrected chi connectivity index (χ1v) is 19.6. The summed E-state index contributed by atoms with van der Waals surface area (Å²) in [6.07, 6.45) is 5.34. The molecule has 2 saturated heterocycles. The van der Waals surface area contributed by atoms with Crippen LogP contribution in [-0.4, -0.2) is 135 Å². The van der Waals surface area contributed by atoms with Gasteiger partial charge in [0.05, 0.1) is 12.6 Å². The number of piperidine rings is 1. The molecule has 2 fully saturated rings. The van der Waals surface area contributed by atoms with Gasteiger partial charge in [0.25, 0.3) is 5.91 Å². The van der Waals surface area contributed by atoms with Crippen LogP contribution in [0.3, 0.4) is 0 Å². The largest absolute Gasteiger partial charge is 0.394 e. The maximum Gasteiger partial charge on any atom is 0.323 e. The van der Waals surface area contributed by atoms with Crippen molar-refractivity contribution in [2.24, 2.45) is 27.9 Å². The molecule has 0 saturated carbocycles. The fourth-order valence-electron chi connectivity index (χ4n) is 6.42. The first-order chi connectivity index (χ1) is 28.3. The lowest BCUT2D eigenvalue weighted by Gasteiger charge is -2.31. The quantitative estimate of drug-likeness (QED) is 0.0878. The number of aliphatic hydroxyl groups excluding tert-OH is 1. The molecule has 2 unspecified atom stereocenters. The highest BCUT2D eigenvalue weighted by Crippen LogP contribution is 2.21. The van der Waals surface area contributed by atoms with Crippen molar-refractivity contribution >= 4 is 58.8 Å². The molecule has 0 spiro atoms. The maximum absolute atomic E-state index is 14.0. The van der Waals surface area contributed by atoms with E-state index in [1.165, 1.54) is 6.42 Å². The number of rotatable bonds is 12. The van der Waals surface area contributed by atoms with E-state index in [0.717, 1.165) is 37.8 Å². The molecular weight excluding hydrogens is 770 g/mol. The van der Waals surface area contributed by atoms with Gasteiger partial charge >= 0.3 is 6.03 Å². The third-order valence-electron chi connectivity index (χ3n) is 9.73. The van der Waals surface area contributed by atoms with E-state index >= 15 is 0 Å². The molecule has 324 valence electrons. The fourth-order valence-corrected chi connectivity index (χ4v) is 6.42. The van der Waals surface area contributed by atoms with Crippen LogP contribution in [0.2, 0.25) is 0 Å². The number of carbonyl (C=O) groups excluding carboxylic acids is 7. The van der Waals surface area contributed by atoms with Crippen LogP contribution in [0.15, 0.2) is 41.2 Å². The maximum atomic E-state index is 14.0. The molecule has 3 aliphatic heterocycles. The van der Waals surface area contributed by atoms with Gasteiger partial charge in [-0.1, -0.05) is 0 Å². The minimum atomic E-state index is -1.64. The second kappa shape index (κ2) is 22.8. The Morgan fingerprint density at radius 1 is 0.949 bits per heavy atom. The summed E-state index contributed by atoms with van der Waals surface area (Å²) in [5.41, 5.74) is 24.3. The first-order valence-electron chi connectivity index (χ1n) is 19.6. The van der Waals surface area contributed by atoms with Crippen LogP contribution in [0.5, 0.6) is 0 Å². The van der Waals surface area contributed by atoms with E-state index in [0.29, 0.717) is 25.1 Å². The van der Waals surface area contributed by atoms with Crippen molar-refractivity contribution in [3.8, 4) is 0 Å². The summed E-state index contributed by atoms with van der Waals surface area (Å²) in [6, 6.07) is -1.12.